The zero-order valence-corrected chi connectivity index (χ0v) is 17.6. The van der Waals surface area contributed by atoms with E-state index in [4.69, 9.17) is 9.47 Å². The fourth-order valence-electron chi connectivity index (χ4n) is 3.66. The van der Waals surface area contributed by atoms with Crippen LogP contribution in [0.5, 0.6) is 11.5 Å². The molecule has 4 rings (SSSR count). The number of hydrogen-bond acceptors (Lipinski definition) is 5. The first-order chi connectivity index (χ1) is 14.5. The van der Waals surface area contributed by atoms with Crippen molar-refractivity contribution in [1.82, 2.24) is 4.90 Å². The zero-order valence-electron chi connectivity index (χ0n) is 16.8. The minimum Gasteiger partial charge on any atom is -0.490 e. The van der Waals surface area contributed by atoms with E-state index in [-0.39, 0.29) is 10.8 Å². The van der Waals surface area contributed by atoms with E-state index in [2.05, 4.69) is 4.72 Å². The highest BCUT2D eigenvalue weighted by Crippen LogP contribution is 2.32. The fourth-order valence-corrected chi connectivity index (χ4v) is 4.74. The summed E-state index contributed by atoms with van der Waals surface area (Å²) in [6.07, 6.45) is 5.12. The molecule has 160 valence electrons. The summed E-state index contributed by atoms with van der Waals surface area (Å²) < 4.78 is 39.3. The van der Waals surface area contributed by atoms with Crippen LogP contribution < -0.4 is 14.2 Å². The van der Waals surface area contributed by atoms with E-state index in [1.54, 1.807) is 30.3 Å². The van der Waals surface area contributed by atoms with Crippen LogP contribution in [0, 0.1) is 0 Å². The molecule has 8 heteroatoms. The average molecular weight is 431 g/mol. The minimum atomic E-state index is -3.80. The van der Waals surface area contributed by atoms with Gasteiger partial charge in [0, 0.05) is 36.8 Å². The van der Waals surface area contributed by atoms with Crippen molar-refractivity contribution in [2.24, 2.45) is 0 Å². The van der Waals surface area contributed by atoms with Gasteiger partial charge in [-0.1, -0.05) is 12.8 Å². The number of carbonyl (C=O) groups excluding carboxylic acids is 1. The second kappa shape index (κ2) is 8.95. The summed E-state index contributed by atoms with van der Waals surface area (Å²) in [5, 5.41) is 0. The second-order valence-corrected chi connectivity index (χ2v) is 9.23. The number of likely N-dealkylation sites (tertiary alicyclic amines) is 1. The first-order valence-corrected chi connectivity index (χ1v) is 11.8. The fraction of sp³-hybridized carbons (Fsp3) is 0.409. The summed E-state index contributed by atoms with van der Waals surface area (Å²) in [5.74, 6) is 0.964. The summed E-state index contributed by atoms with van der Waals surface area (Å²) in [6.45, 7) is 2.57. The monoisotopic (exact) mass is 430 g/mol. The van der Waals surface area contributed by atoms with Crippen LogP contribution in [0.3, 0.4) is 0 Å². The molecule has 0 spiro atoms. The largest absolute Gasteiger partial charge is 0.490 e. The van der Waals surface area contributed by atoms with Gasteiger partial charge in [0.2, 0.25) is 0 Å². The van der Waals surface area contributed by atoms with Crippen molar-refractivity contribution < 1.29 is 22.7 Å². The predicted octanol–water partition coefficient (Wildman–Crippen LogP) is 3.66. The van der Waals surface area contributed by atoms with Crippen LogP contribution in [0.15, 0.2) is 47.4 Å². The first kappa shape index (κ1) is 20.5. The molecule has 0 aliphatic carbocycles. The number of fused-ring (bicyclic) bond motifs is 1. The van der Waals surface area contributed by atoms with Gasteiger partial charge in [0.25, 0.3) is 15.9 Å². The molecule has 30 heavy (non-hydrogen) atoms. The average Bonchev–Trinajstić information content (AvgIpc) is 3.16. The Morgan fingerprint density at radius 1 is 0.833 bits per heavy atom. The Bertz CT molecular complexity index is 997. The van der Waals surface area contributed by atoms with Gasteiger partial charge in [-0.25, -0.2) is 8.42 Å². The van der Waals surface area contributed by atoms with Crippen molar-refractivity contribution in [3.8, 4) is 11.5 Å². The molecular weight excluding hydrogens is 404 g/mol. The lowest BCUT2D eigenvalue weighted by atomic mass is 10.2. The van der Waals surface area contributed by atoms with Crippen LogP contribution in [0.4, 0.5) is 5.69 Å². The topological polar surface area (TPSA) is 84.9 Å². The van der Waals surface area contributed by atoms with Gasteiger partial charge in [0.05, 0.1) is 18.1 Å². The normalized spacial score (nSPS) is 17.0. The number of sulfonamides is 1. The number of benzene rings is 2. The van der Waals surface area contributed by atoms with Gasteiger partial charge >= 0.3 is 0 Å². The maximum absolute atomic E-state index is 12.8. The lowest BCUT2D eigenvalue weighted by molar-refractivity contribution is 0.0761. The summed E-state index contributed by atoms with van der Waals surface area (Å²) in [7, 11) is -3.80. The molecule has 0 radical (unpaired) electrons. The van der Waals surface area contributed by atoms with Gasteiger partial charge < -0.3 is 14.4 Å². The van der Waals surface area contributed by atoms with Crippen LogP contribution in [-0.4, -0.2) is 45.5 Å². The van der Waals surface area contributed by atoms with Crippen LogP contribution in [0.2, 0.25) is 0 Å². The number of carbonyl (C=O) groups is 1. The third-order valence-electron chi connectivity index (χ3n) is 5.31. The van der Waals surface area contributed by atoms with E-state index in [1.165, 1.54) is 12.1 Å². The SMILES string of the molecule is O=C(c1ccc(NS(=O)(=O)c2ccc3c(c2)OCCCO3)cc1)N1CCCCCC1. The number of amides is 1. The molecule has 1 N–H and O–H groups in total. The highest BCUT2D eigenvalue weighted by molar-refractivity contribution is 7.92. The Morgan fingerprint density at radius 2 is 1.50 bits per heavy atom. The highest BCUT2D eigenvalue weighted by Gasteiger charge is 2.20. The van der Waals surface area contributed by atoms with Crippen LogP contribution in [0.25, 0.3) is 0 Å². The maximum Gasteiger partial charge on any atom is 0.262 e. The van der Waals surface area contributed by atoms with Crippen molar-refractivity contribution >= 4 is 21.6 Å². The molecule has 2 aromatic rings. The molecule has 1 fully saturated rings. The smallest absolute Gasteiger partial charge is 0.262 e. The van der Waals surface area contributed by atoms with E-state index in [0.717, 1.165) is 45.2 Å². The highest BCUT2D eigenvalue weighted by atomic mass is 32.2. The van der Waals surface area contributed by atoms with Crippen LogP contribution >= 0.6 is 0 Å². The number of hydrogen-bond donors (Lipinski definition) is 1. The summed E-state index contributed by atoms with van der Waals surface area (Å²) in [5.41, 5.74) is 0.963. The third kappa shape index (κ3) is 4.70. The molecule has 2 aliphatic heterocycles. The number of anilines is 1. The van der Waals surface area contributed by atoms with E-state index in [0.29, 0.717) is 36.0 Å². The molecule has 2 heterocycles. The van der Waals surface area contributed by atoms with Crippen molar-refractivity contribution in [3.05, 3.63) is 48.0 Å². The van der Waals surface area contributed by atoms with Crippen LogP contribution in [-0.2, 0) is 10.0 Å². The molecule has 2 aromatic carbocycles. The standard InChI is InChI=1S/C22H26N2O5S/c25-22(24-12-3-1-2-4-13-24)17-6-8-18(9-7-17)23-30(26,27)19-10-11-20-21(16-19)29-15-5-14-28-20/h6-11,16,23H,1-5,12-15H2. The molecular formula is C22H26N2O5S. The third-order valence-corrected chi connectivity index (χ3v) is 6.69. The van der Waals surface area contributed by atoms with Crippen molar-refractivity contribution in [2.45, 2.75) is 37.0 Å². The number of ether oxygens (including phenoxy) is 2. The van der Waals surface area contributed by atoms with Gasteiger partial charge in [0.1, 0.15) is 0 Å². The molecule has 0 saturated carbocycles. The molecule has 0 bridgehead atoms. The van der Waals surface area contributed by atoms with E-state index in [9.17, 15) is 13.2 Å². The van der Waals surface area contributed by atoms with Crippen molar-refractivity contribution in [2.75, 3.05) is 31.0 Å². The number of rotatable bonds is 4. The van der Waals surface area contributed by atoms with Crippen molar-refractivity contribution in [1.29, 1.82) is 0 Å². The molecule has 2 aliphatic rings. The van der Waals surface area contributed by atoms with Crippen LogP contribution in [0.1, 0.15) is 42.5 Å². The molecule has 1 amide bonds. The molecule has 7 nitrogen and oxygen atoms in total. The van der Waals surface area contributed by atoms with E-state index < -0.39 is 10.0 Å². The molecule has 0 atom stereocenters. The second-order valence-electron chi connectivity index (χ2n) is 7.55. The summed E-state index contributed by atoms with van der Waals surface area (Å²) >= 11 is 0. The van der Waals surface area contributed by atoms with Gasteiger partial charge in [0.15, 0.2) is 11.5 Å². The van der Waals surface area contributed by atoms with Gasteiger partial charge in [-0.3, -0.25) is 9.52 Å². The Hall–Kier alpha value is -2.74. The van der Waals surface area contributed by atoms with E-state index >= 15 is 0 Å². The Balaban J connectivity index is 1.47. The van der Waals surface area contributed by atoms with Gasteiger partial charge in [-0.05, 0) is 49.2 Å². The predicted molar refractivity (Wildman–Crippen MR) is 114 cm³/mol. The van der Waals surface area contributed by atoms with Gasteiger partial charge in [-0.15, -0.1) is 0 Å². The molecule has 0 unspecified atom stereocenters. The Labute approximate surface area is 177 Å². The Morgan fingerprint density at radius 3 is 2.20 bits per heavy atom. The maximum atomic E-state index is 12.8. The quantitative estimate of drug-likeness (QED) is 0.800. The molecule has 0 aromatic heterocycles. The number of nitrogens with one attached hydrogen (secondary N) is 1. The zero-order chi connectivity index (χ0) is 21.0. The Kier molecular flexibility index (Phi) is 6.13. The molecule has 1 saturated heterocycles. The summed E-state index contributed by atoms with van der Waals surface area (Å²) in [6, 6.07) is 11.1. The lowest BCUT2D eigenvalue weighted by Crippen LogP contribution is -2.31. The van der Waals surface area contributed by atoms with E-state index in [1.807, 2.05) is 4.90 Å². The first-order valence-electron chi connectivity index (χ1n) is 10.3. The van der Waals surface area contributed by atoms with Gasteiger partial charge in [-0.2, -0.15) is 0 Å². The lowest BCUT2D eigenvalue weighted by Gasteiger charge is -2.20. The summed E-state index contributed by atoms with van der Waals surface area (Å²) in [4.78, 5) is 14.7. The number of nitrogens with zero attached hydrogens (tertiary/aromatic N) is 1. The minimum absolute atomic E-state index is 0.00536. The van der Waals surface area contributed by atoms with Crippen molar-refractivity contribution in [3.63, 3.8) is 0 Å².